The van der Waals surface area contributed by atoms with Gasteiger partial charge in [0.25, 0.3) is 5.91 Å². The minimum absolute atomic E-state index is 0.0493. The summed E-state index contributed by atoms with van der Waals surface area (Å²) in [5.74, 6) is -1.03. The minimum Gasteiger partial charge on any atom is -0.462 e. The zero-order chi connectivity index (χ0) is 21.8. The van der Waals surface area contributed by atoms with Gasteiger partial charge < -0.3 is 25.7 Å². The maximum atomic E-state index is 12.7. The molecule has 1 aromatic carbocycles. The molecular formula is C22H28N4O4. The van der Waals surface area contributed by atoms with E-state index in [4.69, 9.17) is 10.5 Å². The number of nitrogens with two attached hydrogens (primary N) is 1. The Hall–Kier alpha value is -3.29. The van der Waals surface area contributed by atoms with Crippen molar-refractivity contribution >= 4 is 29.2 Å². The fraction of sp³-hybridized carbons (Fsp3) is 0.409. The Labute approximate surface area is 175 Å². The van der Waals surface area contributed by atoms with Crippen LogP contribution in [-0.4, -0.2) is 42.5 Å². The van der Waals surface area contributed by atoms with E-state index in [1.165, 1.54) is 0 Å². The summed E-state index contributed by atoms with van der Waals surface area (Å²) in [5, 5.41) is 2.86. The highest BCUT2D eigenvalue weighted by Crippen LogP contribution is 2.25. The summed E-state index contributed by atoms with van der Waals surface area (Å²) in [5.41, 5.74) is 8.99. The van der Waals surface area contributed by atoms with E-state index in [1.54, 1.807) is 20.8 Å². The maximum Gasteiger partial charge on any atom is 0.340 e. The van der Waals surface area contributed by atoms with Crippen LogP contribution in [0.3, 0.4) is 0 Å². The highest BCUT2D eigenvalue weighted by Gasteiger charge is 2.24. The summed E-state index contributed by atoms with van der Waals surface area (Å²) in [6, 6.07) is 7.56. The summed E-state index contributed by atoms with van der Waals surface area (Å²) in [4.78, 5) is 41.3. The number of esters is 1. The number of benzene rings is 1. The summed E-state index contributed by atoms with van der Waals surface area (Å²) in [6.45, 7) is 7.03. The number of aromatic nitrogens is 1. The van der Waals surface area contributed by atoms with Crippen LogP contribution in [-0.2, 0) is 9.53 Å². The van der Waals surface area contributed by atoms with E-state index in [0.717, 1.165) is 31.6 Å². The number of nitrogens with zero attached hydrogens (tertiary/aromatic N) is 1. The Morgan fingerprint density at radius 1 is 1.17 bits per heavy atom. The van der Waals surface area contributed by atoms with Crippen molar-refractivity contribution in [2.75, 3.05) is 29.9 Å². The molecule has 3 rings (SSSR count). The Bertz CT molecular complexity index is 941. The Morgan fingerprint density at radius 2 is 1.80 bits per heavy atom. The molecular weight excluding hydrogens is 384 g/mol. The maximum absolute atomic E-state index is 12.7. The van der Waals surface area contributed by atoms with E-state index in [0.29, 0.717) is 28.2 Å². The van der Waals surface area contributed by atoms with Gasteiger partial charge >= 0.3 is 5.97 Å². The number of hydrogen-bond donors (Lipinski definition) is 3. The molecule has 0 unspecified atom stereocenters. The first-order chi connectivity index (χ1) is 14.3. The van der Waals surface area contributed by atoms with Gasteiger partial charge in [-0.3, -0.25) is 9.59 Å². The standard InChI is InChI=1S/C22H28N4O4/c1-4-30-22(29)18-13(2)19(24-14(18)3)21(28)25-16-5-7-17(8-6-16)26-11-9-15(10-12-26)20(23)27/h5-8,15,24H,4,9-12H2,1-3H3,(H2,23,27)(H,25,28). The highest BCUT2D eigenvalue weighted by molar-refractivity contribution is 6.06. The molecule has 2 amide bonds. The van der Waals surface area contributed by atoms with E-state index >= 15 is 0 Å². The fourth-order valence-electron chi connectivity index (χ4n) is 3.86. The van der Waals surface area contributed by atoms with Crippen LogP contribution in [0.25, 0.3) is 0 Å². The van der Waals surface area contributed by atoms with Gasteiger partial charge in [-0.05, 0) is 63.4 Å². The van der Waals surface area contributed by atoms with Gasteiger partial charge in [0.05, 0.1) is 12.2 Å². The second-order valence-electron chi connectivity index (χ2n) is 7.51. The van der Waals surface area contributed by atoms with E-state index in [2.05, 4.69) is 15.2 Å². The van der Waals surface area contributed by atoms with Crippen LogP contribution in [0.1, 0.15) is 51.9 Å². The van der Waals surface area contributed by atoms with Crippen LogP contribution in [0.5, 0.6) is 0 Å². The summed E-state index contributed by atoms with van der Waals surface area (Å²) in [7, 11) is 0. The van der Waals surface area contributed by atoms with Crippen molar-refractivity contribution in [1.29, 1.82) is 0 Å². The molecule has 0 saturated carbocycles. The van der Waals surface area contributed by atoms with Gasteiger partial charge in [0.2, 0.25) is 5.91 Å². The number of piperidine rings is 1. The lowest BCUT2D eigenvalue weighted by Crippen LogP contribution is -2.38. The molecule has 1 aromatic heterocycles. The molecule has 1 aliphatic heterocycles. The van der Waals surface area contributed by atoms with Crippen LogP contribution in [0, 0.1) is 19.8 Å². The third-order valence-electron chi connectivity index (χ3n) is 5.53. The van der Waals surface area contributed by atoms with Crippen molar-refractivity contribution in [1.82, 2.24) is 4.98 Å². The Balaban J connectivity index is 1.66. The Kier molecular flexibility index (Phi) is 6.44. The number of rotatable bonds is 6. The molecule has 1 saturated heterocycles. The number of ether oxygens (including phenoxy) is 1. The van der Waals surface area contributed by atoms with Crippen LogP contribution in [0.4, 0.5) is 11.4 Å². The third-order valence-corrected chi connectivity index (χ3v) is 5.53. The molecule has 4 N–H and O–H groups in total. The number of aromatic amines is 1. The predicted molar refractivity (Wildman–Crippen MR) is 115 cm³/mol. The second kappa shape index (κ2) is 9.02. The molecule has 0 bridgehead atoms. The first-order valence-corrected chi connectivity index (χ1v) is 10.1. The third kappa shape index (κ3) is 4.48. The zero-order valence-corrected chi connectivity index (χ0v) is 17.6. The summed E-state index contributed by atoms with van der Waals surface area (Å²) >= 11 is 0. The second-order valence-corrected chi connectivity index (χ2v) is 7.51. The number of amides is 2. The molecule has 8 nitrogen and oxygen atoms in total. The van der Waals surface area contributed by atoms with Gasteiger partial charge in [-0.1, -0.05) is 0 Å². The van der Waals surface area contributed by atoms with E-state index in [1.807, 2.05) is 24.3 Å². The molecule has 0 atom stereocenters. The quantitative estimate of drug-likeness (QED) is 0.631. The van der Waals surface area contributed by atoms with Crippen molar-refractivity contribution in [2.45, 2.75) is 33.6 Å². The molecule has 0 radical (unpaired) electrons. The topological polar surface area (TPSA) is 118 Å². The summed E-state index contributed by atoms with van der Waals surface area (Å²) < 4.78 is 5.07. The van der Waals surface area contributed by atoms with E-state index in [-0.39, 0.29) is 24.3 Å². The van der Waals surface area contributed by atoms with Crippen LogP contribution < -0.4 is 16.0 Å². The number of H-pyrrole nitrogens is 1. The number of carbonyl (C=O) groups excluding carboxylic acids is 3. The molecule has 30 heavy (non-hydrogen) atoms. The van der Waals surface area contributed by atoms with Crippen molar-refractivity contribution in [3.8, 4) is 0 Å². The molecule has 1 aliphatic rings. The number of primary amides is 1. The van der Waals surface area contributed by atoms with Crippen molar-refractivity contribution in [2.24, 2.45) is 11.7 Å². The van der Waals surface area contributed by atoms with Gasteiger partial charge in [0.1, 0.15) is 5.69 Å². The number of hydrogen-bond acceptors (Lipinski definition) is 5. The van der Waals surface area contributed by atoms with Gasteiger partial charge in [0, 0.05) is 36.1 Å². The zero-order valence-electron chi connectivity index (χ0n) is 17.6. The molecule has 0 aliphatic carbocycles. The van der Waals surface area contributed by atoms with Crippen LogP contribution >= 0.6 is 0 Å². The number of anilines is 2. The number of carbonyl (C=O) groups is 3. The summed E-state index contributed by atoms with van der Waals surface area (Å²) in [6.07, 6.45) is 1.50. The predicted octanol–water partition coefficient (Wildman–Crippen LogP) is 2.76. The molecule has 8 heteroatoms. The average molecular weight is 412 g/mol. The van der Waals surface area contributed by atoms with E-state index in [9.17, 15) is 14.4 Å². The van der Waals surface area contributed by atoms with Gasteiger partial charge in [-0.15, -0.1) is 0 Å². The van der Waals surface area contributed by atoms with Gasteiger partial charge in [-0.2, -0.15) is 0 Å². The molecule has 2 aromatic rings. The number of nitrogens with one attached hydrogen (secondary N) is 2. The smallest absolute Gasteiger partial charge is 0.340 e. The monoisotopic (exact) mass is 412 g/mol. The first-order valence-electron chi connectivity index (χ1n) is 10.1. The van der Waals surface area contributed by atoms with E-state index < -0.39 is 5.97 Å². The van der Waals surface area contributed by atoms with Crippen molar-refractivity contribution in [3.05, 3.63) is 46.8 Å². The van der Waals surface area contributed by atoms with Gasteiger partial charge in [0.15, 0.2) is 0 Å². The molecule has 0 spiro atoms. The lowest BCUT2D eigenvalue weighted by molar-refractivity contribution is -0.122. The first kappa shape index (κ1) is 21.4. The van der Waals surface area contributed by atoms with Gasteiger partial charge in [-0.25, -0.2) is 4.79 Å². The largest absolute Gasteiger partial charge is 0.462 e. The molecule has 2 heterocycles. The van der Waals surface area contributed by atoms with Crippen molar-refractivity contribution < 1.29 is 19.1 Å². The lowest BCUT2D eigenvalue weighted by Gasteiger charge is -2.32. The Morgan fingerprint density at radius 3 is 2.37 bits per heavy atom. The number of aryl methyl sites for hydroxylation is 1. The van der Waals surface area contributed by atoms with Crippen LogP contribution in [0.2, 0.25) is 0 Å². The normalized spacial score (nSPS) is 14.4. The highest BCUT2D eigenvalue weighted by atomic mass is 16.5. The lowest BCUT2D eigenvalue weighted by atomic mass is 9.96. The SMILES string of the molecule is CCOC(=O)c1c(C)[nH]c(C(=O)Nc2ccc(N3CCC(C(N)=O)CC3)cc2)c1C. The fourth-order valence-corrected chi connectivity index (χ4v) is 3.86. The van der Waals surface area contributed by atoms with Crippen LogP contribution in [0.15, 0.2) is 24.3 Å². The van der Waals surface area contributed by atoms with Crippen molar-refractivity contribution in [3.63, 3.8) is 0 Å². The minimum atomic E-state index is -0.438. The molecule has 1 fully saturated rings. The molecule has 160 valence electrons. The average Bonchev–Trinajstić information content (AvgIpc) is 3.03.